The SMILES string of the molecule is CCSc1ccc(-n2cnc(Br)n2)nc1-c1nc2cc(C(F)(F)F)cnc2n1C. The Hall–Kier alpha value is -2.47. The molecule has 0 unspecified atom stereocenters. The van der Waals surface area contributed by atoms with E-state index in [1.54, 1.807) is 29.4 Å². The molecule has 0 aromatic carbocycles. The van der Waals surface area contributed by atoms with Crippen LogP contribution in [0.15, 0.2) is 40.4 Å². The van der Waals surface area contributed by atoms with E-state index >= 15 is 0 Å². The van der Waals surface area contributed by atoms with Gasteiger partial charge in [0, 0.05) is 18.1 Å². The molecule has 0 amide bonds. The topological polar surface area (TPSA) is 74.3 Å². The van der Waals surface area contributed by atoms with E-state index in [0.717, 1.165) is 22.9 Å². The molecule has 0 spiro atoms. The molecule has 0 saturated heterocycles. The minimum atomic E-state index is -4.49. The van der Waals surface area contributed by atoms with E-state index in [1.807, 2.05) is 13.0 Å². The lowest BCUT2D eigenvalue weighted by atomic mass is 10.2. The molecule has 29 heavy (non-hydrogen) atoms. The molecule has 0 bridgehead atoms. The van der Waals surface area contributed by atoms with E-state index in [1.165, 1.54) is 11.0 Å². The first-order chi connectivity index (χ1) is 13.8. The zero-order valence-corrected chi connectivity index (χ0v) is 17.5. The Balaban J connectivity index is 1.90. The predicted octanol–water partition coefficient (Wildman–Crippen LogP) is 4.50. The summed E-state index contributed by atoms with van der Waals surface area (Å²) in [6.07, 6.45) is -2.16. The number of rotatable bonds is 4. The molecule has 0 aliphatic heterocycles. The van der Waals surface area contributed by atoms with Crippen LogP contribution in [-0.2, 0) is 13.2 Å². The number of imidazole rings is 1. The Morgan fingerprint density at radius 3 is 2.62 bits per heavy atom. The molecule has 4 aromatic rings. The quantitative estimate of drug-likeness (QED) is 0.397. The van der Waals surface area contributed by atoms with Crippen LogP contribution in [0.2, 0.25) is 0 Å². The van der Waals surface area contributed by atoms with Gasteiger partial charge in [-0.05, 0) is 39.9 Å². The summed E-state index contributed by atoms with van der Waals surface area (Å²) in [4.78, 5) is 17.9. The van der Waals surface area contributed by atoms with Crippen molar-refractivity contribution in [3.8, 4) is 17.3 Å². The molecule has 4 aromatic heterocycles. The molecular formula is C17H13BrF3N7S. The lowest BCUT2D eigenvalue weighted by Crippen LogP contribution is -2.05. The Morgan fingerprint density at radius 1 is 1.17 bits per heavy atom. The van der Waals surface area contributed by atoms with Crippen LogP contribution >= 0.6 is 27.7 Å². The summed E-state index contributed by atoms with van der Waals surface area (Å²) in [5, 5.41) is 4.18. The molecular weight excluding hydrogens is 471 g/mol. The van der Waals surface area contributed by atoms with Crippen molar-refractivity contribution in [2.24, 2.45) is 7.05 Å². The summed E-state index contributed by atoms with van der Waals surface area (Å²) in [5.41, 5.74) is 0.193. The summed E-state index contributed by atoms with van der Waals surface area (Å²) < 4.78 is 42.7. The fourth-order valence-corrected chi connectivity index (χ4v) is 3.80. The van der Waals surface area contributed by atoms with Gasteiger partial charge in [0.1, 0.15) is 17.5 Å². The smallest absolute Gasteiger partial charge is 0.310 e. The normalized spacial score (nSPS) is 12.1. The lowest BCUT2D eigenvalue weighted by Gasteiger charge is -2.10. The van der Waals surface area contributed by atoms with Crippen molar-refractivity contribution in [1.82, 2.24) is 34.3 Å². The van der Waals surface area contributed by atoms with Gasteiger partial charge in [-0.3, -0.25) is 0 Å². The van der Waals surface area contributed by atoms with Crippen LogP contribution < -0.4 is 0 Å². The van der Waals surface area contributed by atoms with E-state index in [4.69, 9.17) is 0 Å². The maximum absolute atomic E-state index is 13.0. The summed E-state index contributed by atoms with van der Waals surface area (Å²) in [5.74, 6) is 1.72. The largest absolute Gasteiger partial charge is 0.417 e. The van der Waals surface area contributed by atoms with Crippen LogP contribution in [0.25, 0.3) is 28.5 Å². The highest BCUT2D eigenvalue weighted by Gasteiger charge is 2.32. The monoisotopic (exact) mass is 483 g/mol. The average Bonchev–Trinajstić information content (AvgIpc) is 3.25. The highest BCUT2D eigenvalue weighted by molar-refractivity contribution is 9.10. The molecule has 7 nitrogen and oxygen atoms in total. The maximum atomic E-state index is 13.0. The van der Waals surface area contributed by atoms with Gasteiger partial charge >= 0.3 is 6.18 Å². The molecule has 4 heterocycles. The van der Waals surface area contributed by atoms with Gasteiger partial charge in [0.2, 0.25) is 4.73 Å². The third-order valence-corrected chi connectivity index (χ3v) is 5.38. The number of fused-ring (bicyclic) bond motifs is 1. The number of thioether (sulfide) groups is 1. The van der Waals surface area contributed by atoms with Gasteiger partial charge in [-0.2, -0.15) is 13.2 Å². The highest BCUT2D eigenvalue weighted by Crippen LogP contribution is 2.34. The Bertz CT molecular complexity index is 1200. The van der Waals surface area contributed by atoms with Crippen LogP contribution in [-0.4, -0.2) is 40.0 Å². The standard InChI is InChI=1S/C17H13BrF3N7S/c1-3-29-11-4-5-12(28-8-23-16(18)26-28)25-13(11)15-24-10-6-9(17(19,20)21)7-22-14(10)27(15)2/h4-8H,3H2,1-2H3. The number of hydrogen-bond acceptors (Lipinski definition) is 6. The van der Waals surface area contributed by atoms with E-state index in [2.05, 4.69) is 41.0 Å². The number of halogens is 4. The van der Waals surface area contributed by atoms with Crippen molar-refractivity contribution in [3.63, 3.8) is 0 Å². The van der Waals surface area contributed by atoms with Crippen molar-refractivity contribution in [1.29, 1.82) is 0 Å². The van der Waals surface area contributed by atoms with E-state index in [-0.39, 0.29) is 5.52 Å². The number of hydrogen-bond donors (Lipinski definition) is 0. The predicted molar refractivity (Wildman–Crippen MR) is 106 cm³/mol. The molecule has 0 saturated carbocycles. The lowest BCUT2D eigenvalue weighted by molar-refractivity contribution is -0.137. The second-order valence-corrected chi connectivity index (χ2v) is 7.98. The minimum absolute atomic E-state index is 0.153. The summed E-state index contributed by atoms with van der Waals surface area (Å²) in [6, 6.07) is 4.68. The van der Waals surface area contributed by atoms with E-state index < -0.39 is 11.7 Å². The van der Waals surface area contributed by atoms with Gasteiger partial charge in [-0.15, -0.1) is 16.9 Å². The van der Waals surface area contributed by atoms with Crippen molar-refractivity contribution in [3.05, 3.63) is 41.0 Å². The number of aryl methyl sites for hydroxylation is 1. The fourth-order valence-electron chi connectivity index (χ4n) is 2.79. The van der Waals surface area contributed by atoms with Gasteiger partial charge in [-0.1, -0.05) is 6.92 Å². The van der Waals surface area contributed by atoms with Crippen molar-refractivity contribution in [2.75, 3.05) is 5.75 Å². The molecule has 0 radical (unpaired) electrons. The molecule has 0 fully saturated rings. The van der Waals surface area contributed by atoms with Crippen molar-refractivity contribution < 1.29 is 13.2 Å². The molecule has 0 aliphatic carbocycles. The molecule has 0 aliphatic rings. The minimum Gasteiger partial charge on any atom is -0.310 e. The third kappa shape index (κ3) is 3.73. The number of pyridine rings is 2. The van der Waals surface area contributed by atoms with Gasteiger partial charge in [-0.25, -0.2) is 24.6 Å². The van der Waals surface area contributed by atoms with Gasteiger partial charge < -0.3 is 4.57 Å². The second kappa shape index (κ2) is 7.41. The summed E-state index contributed by atoms with van der Waals surface area (Å²) in [6.45, 7) is 2.00. The van der Waals surface area contributed by atoms with E-state index in [9.17, 15) is 13.2 Å². The zero-order chi connectivity index (χ0) is 20.8. The zero-order valence-electron chi connectivity index (χ0n) is 15.1. The fraction of sp³-hybridized carbons (Fsp3) is 0.235. The van der Waals surface area contributed by atoms with Crippen molar-refractivity contribution >= 4 is 38.9 Å². The van der Waals surface area contributed by atoms with E-state index in [0.29, 0.717) is 27.7 Å². The molecule has 0 atom stereocenters. The first kappa shape index (κ1) is 19.8. The Morgan fingerprint density at radius 2 is 1.97 bits per heavy atom. The average molecular weight is 484 g/mol. The van der Waals surface area contributed by atoms with Crippen LogP contribution in [0.3, 0.4) is 0 Å². The van der Waals surface area contributed by atoms with Gasteiger partial charge in [0.05, 0.1) is 5.56 Å². The maximum Gasteiger partial charge on any atom is 0.417 e. The van der Waals surface area contributed by atoms with Crippen molar-refractivity contribution in [2.45, 2.75) is 18.0 Å². The number of aromatic nitrogens is 7. The first-order valence-electron chi connectivity index (χ1n) is 8.39. The van der Waals surface area contributed by atoms with Crippen LogP contribution in [0.4, 0.5) is 13.2 Å². The first-order valence-corrected chi connectivity index (χ1v) is 10.2. The highest BCUT2D eigenvalue weighted by atomic mass is 79.9. The molecule has 150 valence electrons. The number of alkyl halides is 3. The molecule has 0 N–H and O–H groups in total. The summed E-state index contributed by atoms with van der Waals surface area (Å²) in [7, 11) is 1.70. The third-order valence-electron chi connectivity index (χ3n) is 4.09. The summed E-state index contributed by atoms with van der Waals surface area (Å²) >= 11 is 4.76. The molecule has 4 rings (SSSR count). The Labute approximate surface area is 175 Å². The van der Waals surface area contributed by atoms with Gasteiger partial charge in [0.15, 0.2) is 17.3 Å². The van der Waals surface area contributed by atoms with Crippen LogP contribution in [0, 0.1) is 0 Å². The second-order valence-electron chi connectivity index (χ2n) is 5.97. The van der Waals surface area contributed by atoms with Crippen LogP contribution in [0.1, 0.15) is 12.5 Å². The molecule has 12 heteroatoms. The van der Waals surface area contributed by atoms with Crippen LogP contribution in [0.5, 0.6) is 0 Å². The number of nitrogens with zero attached hydrogens (tertiary/aromatic N) is 7. The van der Waals surface area contributed by atoms with Gasteiger partial charge in [0.25, 0.3) is 0 Å². The Kier molecular flexibility index (Phi) is 5.07.